The van der Waals surface area contributed by atoms with E-state index in [0.717, 1.165) is 51.3 Å². The van der Waals surface area contributed by atoms with E-state index in [-0.39, 0.29) is 5.92 Å². The third-order valence-electron chi connectivity index (χ3n) is 5.26. The fraction of sp³-hybridized carbons (Fsp3) is 0.632. The largest absolute Gasteiger partial charge is 0.399 e. The number of amides is 1. The van der Waals surface area contributed by atoms with E-state index < -0.39 is 0 Å². The lowest BCUT2D eigenvalue weighted by atomic mass is 9.92. The first kappa shape index (κ1) is 16.3. The van der Waals surface area contributed by atoms with Crippen molar-refractivity contribution in [3.8, 4) is 0 Å². The standard InChI is InChI=1S/C19H29N3O/c1-15-4-3-9-22(13-15)19(23)17-7-10-21(11-8-17)14-16-5-2-6-18(20)12-16/h2,5-6,12,15,17H,3-4,7-11,13-14,20H2,1H3. The molecule has 2 aliphatic rings. The molecule has 1 unspecified atom stereocenters. The lowest BCUT2D eigenvalue weighted by molar-refractivity contribution is -0.138. The summed E-state index contributed by atoms with van der Waals surface area (Å²) >= 11 is 0. The smallest absolute Gasteiger partial charge is 0.225 e. The number of nitrogens with two attached hydrogens (primary N) is 1. The van der Waals surface area contributed by atoms with E-state index in [1.165, 1.54) is 18.4 Å². The third kappa shape index (κ3) is 4.25. The second-order valence-electron chi connectivity index (χ2n) is 7.33. The van der Waals surface area contributed by atoms with Crippen molar-refractivity contribution < 1.29 is 4.79 Å². The average molecular weight is 315 g/mol. The van der Waals surface area contributed by atoms with Crippen molar-refractivity contribution in [2.24, 2.45) is 11.8 Å². The van der Waals surface area contributed by atoms with E-state index >= 15 is 0 Å². The summed E-state index contributed by atoms with van der Waals surface area (Å²) in [6, 6.07) is 8.11. The Kier molecular flexibility index (Phi) is 5.21. The summed E-state index contributed by atoms with van der Waals surface area (Å²) < 4.78 is 0. The third-order valence-corrected chi connectivity index (χ3v) is 5.26. The molecule has 0 aromatic heterocycles. The molecule has 0 spiro atoms. The van der Waals surface area contributed by atoms with Gasteiger partial charge in [0.1, 0.15) is 0 Å². The van der Waals surface area contributed by atoms with Crippen LogP contribution in [0.2, 0.25) is 0 Å². The highest BCUT2D eigenvalue weighted by molar-refractivity contribution is 5.79. The van der Waals surface area contributed by atoms with Crippen molar-refractivity contribution in [1.82, 2.24) is 9.80 Å². The number of nitrogen functional groups attached to an aromatic ring is 1. The predicted octanol–water partition coefficient (Wildman–Crippen LogP) is 2.74. The summed E-state index contributed by atoms with van der Waals surface area (Å²) in [5.41, 5.74) is 7.94. The number of piperidine rings is 2. The molecule has 126 valence electrons. The monoisotopic (exact) mass is 315 g/mol. The predicted molar refractivity (Wildman–Crippen MR) is 93.8 cm³/mol. The first-order valence-electron chi connectivity index (χ1n) is 8.97. The van der Waals surface area contributed by atoms with Gasteiger partial charge in [0.15, 0.2) is 0 Å². The zero-order valence-electron chi connectivity index (χ0n) is 14.2. The number of hydrogen-bond acceptors (Lipinski definition) is 3. The number of benzene rings is 1. The minimum absolute atomic E-state index is 0.234. The molecule has 23 heavy (non-hydrogen) atoms. The van der Waals surface area contributed by atoms with Crippen molar-refractivity contribution in [3.05, 3.63) is 29.8 Å². The van der Waals surface area contributed by atoms with Crippen molar-refractivity contribution >= 4 is 11.6 Å². The molecule has 0 bridgehead atoms. The normalized spacial score (nSPS) is 23.9. The Morgan fingerprint density at radius 2 is 2.00 bits per heavy atom. The average Bonchev–Trinajstić information content (AvgIpc) is 2.55. The zero-order valence-corrected chi connectivity index (χ0v) is 14.2. The Morgan fingerprint density at radius 1 is 1.22 bits per heavy atom. The number of likely N-dealkylation sites (tertiary alicyclic amines) is 2. The molecule has 2 heterocycles. The zero-order chi connectivity index (χ0) is 16.2. The summed E-state index contributed by atoms with van der Waals surface area (Å²) in [6.45, 7) is 7.14. The number of hydrogen-bond donors (Lipinski definition) is 1. The van der Waals surface area contributed by atoms with Crippen molar-refractivity contribution in [2.45, 2.75) is 39.2 Å². The second-order valence-corrected chi connectivity index (χ2v) is 7.33. The first-order chi connectivity index (χ1) is 11.1. The molecule has 0 aliphatic carbocycles. The van der Waals surface area contributed by atoms with E-state index in [1.807, 2.05) is 18.2 Å². The van der Waals surface area contributed by atoms with Crippen LogP contribution >= 0.6 is 0 Å². The van der Waals surface area contributed by atoms with E-state index in [1.54, 1.807) is 0 Å². The summed E-state index contributed by atoms with van der Waals surface area (Å²) in [4.78, 5) is 17.3. The van der Waals surface area contributed by atoms with E-state index in [2.05, 4.69) is 22.8 Å². The summed E-state index contributed by atoms with van der Waals surface area (Å²) in [6.07, 6.45) is 4.42. The highest BCUT2D eigenvalue weighted by atomic mass is 16.2. The molecule has 0 radical (unpaired) electrons. The highest BCUT2D eigenvalue weighted by Gasteiger charge is 2.30. The summed E-state index contributed by atoms with van der Waals surface area (Å²) in [7, 11) is 0. The van der Waals surface area contributed by atoms with Crippen molar-refractivity contribution in [1.29, 1.82) is 0 Å². The molecule has 0 saturated carbocycles. The quantitative estimate of drug-likeness (QED) is 0.873. The van der Waals surface area contributed by atoms with E-state index in [4.69, 9.17) is 5.73 Å². The van der Waals surface area contributed by atoms with Crippen LogP contribution in [-0.2, 0) is 11.3 Å². The van der Waals surface area contributed by atoms with Crippen LogP contribution < -0.4 is 5.73 Å². The van der Waals surface area contributed by atoms with Crippen LogP contribution in [0.15, 0.2) is 24.3 Å². The van der Waals surface area contributed by atoms with Gasteiger partial charge in [0.2, 0.25) is 5.91 Å². The number of rotatable bonds is 3. The molecule has 2 fully saturated rings. The maximum atomic E-state index is 12.7. The Balaban J connectivity index is 1.49. The molecule has 4 nitrogen and oxygen atoms in total. The molecule has 2 N–H and O–H groups in total. The van der Waals surface area contributed by atoms with Gasteiger partial charge in [-0.15, -0.1) is 0 Å². The topological polar surface area (TPSA) is 49.6 Å². The van der Waals surface area contributed by atoms with Crippen LogP contribution in [0, 0.1) is 11.8 Å². The van der Waals surface area contributed by atoms with Gasteiger partial charge in [-0.3, -0.25) is 9.69 Å². The van der Waals surface area contributed by atoms with Gasteiger partial charge in [0.25, 0.3) is 0 Å². The number of carbonyl (C=O) groups excluding carboxylic acids is 1. The minimum Gasteiger partial charge on any atom is -0.399 e. The van der Waals surface area contributed by atoms with Gasteiger partial charge in [0, 0.05) is 31.2 Å². The van der Waals surface area contributed by atoms with Crippen LogP contribution in [0.4, 0.5) is 5.69 Å². The molecule has 3 rings (SSSR count). The Hall–Kier alpha value is -1.55. The van der Waals surface area contributed by atoms with Gasteiger partial charge in [0.05, 0.1) is 0 Å². The molecule has 1 amide bonds. The maximum absolute atomic E-state index is 12.7. The Bertz CT molecular complexity index is 537. The lowest BCUT2D eigenvalue weighted by Gasteiger charge is -2.37. The second kappa shape index (κ2) is 7.35. The molecular formula is C19H29N3O. The van der Waals surface area contributed by atoms with Crippen LogP contribution in [0.25, 0.3) is 0 Å². The Morgan fingerprint density at radius 3 is 2.70 bits per heavy atom. The lowest BCUT2D eigenvalue weighted by Crippen LogP contribution is -2.45. The van der Waals surface area contributed by atoms with Crippen molar-refractivity contribution in [3.63, 3.8) is 0 Å². The van der Waals surface area contributed by atoms with Crippen LogP contribution in [0.5, 0.6) is 0 Å². The Labute approximate surface area is 139 Å². The molecular weight excluding hydrogens is 286 g/mol. The summed E-state index contributed by atoms with van der Waals surface area (Å²) in [5.74, 6) is 1.30. The molecule has 4 heteroatoms. The number of anilines is 1. The maximum Gasteiger partial charge on any atom is 0.225 e. The van der Waals surface area contributed by atoms with Gasteiger partial charge in [-0.25, -0.2) is 0 Å². The van der Waals surface area contributed by atoms with E-state index in [0.29, 0.717) is 11.8 Å². The molecule has 2 aliphatic heterocycles. The van der Waals surface area contributed by atoms with Gasteiger partial charge in [-0.1, -0.05) is 19.1 Å². The fourth-order valence-electron chi connectivity index (χ4n) is 3.94. The number of nitrogens with zero attached hydrogens (tertiary/aromatic N) is 2. The molecule has 1 aromatic rings. The number of carbonyl (C=O) groups is 1. The van der Waals surface area contributed by atoms with E-state index in [9.17, 15) is 4.79 Å². The van der Waals surface area contributed by atoms with Crippen LogP contribution in [0.3, 0.4) is 0 Å². The van der Waals surface area contributed by atoms with Gasteiger partial charge in [-0.2, -0.15) is 0 Å². The SMILES string of the molecule is CC1CCCN(C(=O)C2CCN(Cc3cccc(N)c3)CC2)C1. The highest BCUT2D eigenvalue weighted by Crippen LogP contribution is 2.24. The van der Waals surface area contributed by atoms with Crippen LogP contribution in [-0.4, -0.2) is 41.9 Å². The molecule has 2 saturated heterocycles. The van der Waals surface area contributed by atoms with Gasteiger partial charge < -0.3 is 10.6 Å². The molecule has 1 aromatic carbocycles. The molecule has 1 atom stereocenters. The van der Waals surface area contributed by atoms with Gasteiger partial charge in [-0.05, 0) is 62.4 Å². The van der Waals surface area contributed by atoms with Crippen molar-refractivity contribution in [2.75, 3.05) is 31.9 Å². The van der Waals surface area contributed by atoms with Crippen LogP contribution in [0.1, 0.15) is 38.2 Å². The first-order valence-corrected chi connectivity index (χ1v) is 8.97. The van der Waals surface area contributed by atoms with Gasteiger partial charge >= 0.3 is 0 Å². The fourth-order valence-corrected chi connectivity index (χ4v) is 3.94. The summed E-state index contributed by atoms with van der Waals surface area (Å²) in [5, 5.41) is 0. The minimum atomic E-state index is 0.234.